The Morgan fingerprint density at radius 1 is 1.16 bits per heavy atom. The molecule has 2 aromatic rings. The van der Waals surface area contributed by atoms with Gasteiger partial charge in [-0.15, -0.1) is 0 Å². The van der Waals surface area contributed by atoms with Gasteiger partial charge in [0, 0.05) is 43.6 Å². The summed E-state index contributed by atoms with van der Waals surface area (Å²) in [5, 5.41) is 7.60. The first-order chi connectivity index (χ1) is 12.3. The van der Waals surface area contributed by atoms with Crippen LogP contribution in [0.25, 0.3) is 0 Å². The van der Waals surface area contributed by atoms with Crippen molar-refractivity contribution in [3.63, 3.8) is 0 Å². The summed E-state index contributed by atoms with van der Waals surface area (Å²) in [6.45, 7) is 2.00. The number of rotatable bonds is 5. The van der Waals surface area contributed by atoms with Gasteiger partial charge in [-0.05, 0) is 25.0 Å². The van der Waals surface area contributed by atoms with Gasteiger partial charge in [0.15, 0.2) is 5.82 Å². The third-order valence-electron chi connectivity index (χ3n) is 5.67. The van der Waals surface area contributed by atoms with Crippen molar-refractivity contribution in [3.8, 4) is 0 Å². The Hall–Kier alpha value is -1.82. The highest BCUT2D eigenvalue weighted by molar-refractivity contribution is 5.10. The Morgan fingerprint density at radius 2 is 2.04 bits per heavy atom. The van der Waals surface area contributed by atoms with Crippen LogP contribution < -0.4 is 0 Å². The van der Waals surface area contributed by atoms with E-state index in [0.717, 1.165) is 37.0 Å². The van der Waals surface area contributed by atoms with Crippen molar-refractivity contribution >= 4 is 0 Å². The van der Waals surface area contributed by atoms with Crippen LogP contribution in [0.5, 0.6) is 0 Å². The molecule has 2 aliphatic rings. The van der Waals surface area contributed by atoms with Gasteiger partial charge in [0.1, 0.15) is 5.82 Å². The largest absolute Gasteiger partial charge is 0.296 e. The molecule has 6 heteroatoms. The van der Waals surface area contributed by atoms with Gasteiger partial charge >= 0.3 is 0 Å². The quantitative estimate of drug-likeness (QED) is 0.903. The van der Waals surface area contributed by atoms with E-state index in [1.165, 1.54) is 32.1 Å². The molecule has 1 aliphatic carbocycles. The highest BCUT2D eigenvalue weighted by Crippen LogP contribution is 2.34. The summed E-state index contributed by atoms with van der Waals surface area (Å²) >= 11 is 0. The van der Waals surface area contributed by atoms with E-state index in [1.54, 1.807) is 0 Å². The minimum Gasteiger partial charge on any atom is -0.296 e. The molecule has 0 amide bonds. The summed E-state index contributed by atoms with van der Waals surface area (Å²) in [5.74, 6) is 2.37. The van der Waals surface area contributed by atoms with Crippen LogP contribution in [0.3, 0.4) is 0 Å². The smallest absolute Gasteiger partial charge is 0.153 e. The fraction of sp³-hybridized carbons (Fsp3) is 0.632. The number of hydrogen-bond acceptors (Lipinski definition) is 4. The van der Waals surface area contributed by atoms with Gasteiger partial charge in [0.25, 0.3) is 0 Å². The van der Waals surface area contributed by atoms with Crippen molar-refractivity contribution in [3.05, 3.63) is 41.7 Å². The summed E-state index contributed by atoms with van der Waals surface area (Å²) in [6.07, 6.45) is 8.03. The Bertz CT molecular complexity index is 667. The highest BCUT2D eigenvalue weighted by atomic mass is 19.1. The number of alkyl halides is 1. The van der Waals surface area contributed by atoms with Crippen LogP contribution in [0, 0.1) is 5.92 Å². The summed E-state index contributed by atoms with van der Waals surface area (Å²) in [5.41, 5.74) is 1.03. The van der Waals surface area contributed by atoms with Crippen molar-refractivity contribution in [2.45, 2.75) is 50.5 Å². The van der Waals surface area contributed by atoms with Crippen LogP contribution in [0.1, 0.15) is 61.3 Å². The monoisotopic (exact) mass is 343 g/mol. The van der Waals surface area contributed by atoms with Crippen molar-refractivity contribution in [1.82, 2.24) is 25.1 Å². The molecule has 2 aromatic heterocycles. The number of nitrogens with one attached hydrogen (secondary N) is 1. The molecule has 0 spiro atoms. The minimum atomic E-state index is -0.317. The Kier molecular flexibility index (Phi) is 5.06. The maximum absolute atomic E-state index is 13.6. The first-order valence-corrected chi connectivity index (χ1v) is 9.44. The third-order valence-corrected chi connectivity index (χ3v) is 5.67. The maximum Gasteiger partial charge on any atom is 0.153 e. The van der Waals surface area contributed by atoms with Crippen LogP contribution in [-0.4, -0.2) is 44.8 Å². The Balaban J connectivity index is 1.44. The fourth-order valence-corrected chi connectivity index (χ4v) is 4.27. The second kappa shape index (κ2) is 7.60. The number of aromatic nitrogens is 4. The third kappa shape index (κ3) is 3.73. The molecule has 0 aromatic carbocycles. The first-order valence-electron chi connectivity index (χ1n) is 9.44. The summed E-state index contributed by atoms with van der Waals surface area (Å²) in [6, 6.07) is 5.94. The van der Waals surface area contributed by atoms with Gasteiger partial charge in [-0.25, -0.2) is 4.98 Å². The van der Waals surface area contributed by atoms with Crippen molar-refractivity contribution in [1.29, 1.82) is 0 Å². The van der Waals surface area contributed by atoms with Gasteiger partial charge < -0.3 is 0 Å². The number of aromatic amines is 1. The van der Waals surface area contributed by atoms with Crippen LogP contribution in [0.4, 0.5) is 4.39 Å². The van der Waals surface area contributed by atoms with E-state index < -0.39 is 0 Å². The molecular weight excluding hydrogens is 317 g/mol. The average molecular weight is 343 g/mol. The van der Waals surface area contributed by atoms with Gasteiger partial charge in [-0.3, -0.25) is 19.4 Å². The van der Waals surface area contributed by atoms with E-state index in [4.69, 9.17) is 4.98 Å². The lowest BCUT2D eigenvalue weighted by molar-refractivity contribution is 0.293. The lowest BCUT2D eigenvalue weighted by atomic mass is 9.89. The van der Waals surface area contributed by atoms with Crippen molar-refractivity contribution < 1.29 is 4.39 Å². The Morgan fingerprint density at radius 3 is 2.80 bits per heavy atom. The molecule has 4 rings (SSSR count). The molecule has 1 saturated heterocycles. The van der Waals surface area contributed by atoms with E-state index in [2.05, 4.69) is 20.1 Å². The number of halogens is 1. The predicted molar refractivity (Wildman–Crippen MR) is 93.9 cm³/mol. The second-order valence-corrected chi connectivity index (χ2v) is 7.45. The molecule has 0 unspecified atom stereocenters. The number of nitrogens with zero attached hydrogens (tertiary/aromatic N) is 4. The van der Waals surface area contributed by atoms with E-state index in [0.29, 0.717) is 5.92 Å². The molecule has 134 valence electrons. The lowest BCUT2D eigenvalue weighted by Crippen LogP contribution is -2.21. The highest BCUT2D eigenvalue weighted by Gasteiger charge is 2.36. The molecular formula is C19H26FN5. The SMILES string of the molecule is FC[C@@H]1CN(Cc2ccccn2)C[C@H]1c1nc(C2CCCCC2)n[nH]1. The van der Waals surface area contributed by atoms with Crippen molar-refractivity contribution in [2.75, 3.05) is 19.8 Å². The van der Waals surface area contributed by atoms with Crippen LogP contribution >= 0.6 is 0 Å². The number of H-pyrrole nitrogens is 1. The van der Waals surface area contributed by atoms with Gasteiger partial charge in [0.2, 0.25) is 0 Å². The maximum atomic E-state index is 13.6. The summed E-state index contributed by atoms with van der Waals surface area (Å²) in [7, 11) is 0. The number of hydrogen-bond donors (Lipinski definition) is 1. The topological polar surface area (TPSA) is 57.7 Å². The molecule has 1 saturated carbocycles. The van der Waals surface area contributed by atoms with E-state index in [1.807, 2.05) is 24.4 Å². The minimum absolute atomic E-state index is 0.0177. The zero-order chi connectivity index (χ0) is 17.1. The summed E-state index contributed by atoms with van der Waals surface area (Å²) < 4.78 is 13.6. The van der Waals surface area contributed by atoms with E-state index >= 15 is 0 Å². The lowest BCUT2D eigenvalue weighted by Gasteiger charge is -2.18. The standard InChI is InChI=1S/C19H26FN5/c20-10-15-11-25(12-16-8-4-5-9-21-16)13-17(15)19-22-18(23-24-19)14-6-2-1-3-7-14/h4-5,8-9,14-15,17H,1-3,6-7,10-13H2,(H,22,23,24)/t15-,17-/m1/s1. The molecule has 1 aliphatic heterocycles. The van der Waals surface area contributed by atoms with Crippen LogP contribution in [-0.2, 0) is 6.54 Å². The second-order valence-electron chi connectivity index (χ2n) is 7.45. The molecule has 0 bridgehead atoms. The first kappa shape index (κ1) is 16.6. The normalized spacial score (nSPS) is 25.5. The molecule has 25 heavy (non-hydrogen) atoms. The fourth-order valence-electron chi connectivity index (χ4n) is 4.27. The molecule has 3 heterocycles. The van der Waals surface area contributed by atoms with Crippen LogP contribution in [0.15, 0.2) is 24.4 Å². The molecule has 0 radical (unpaired) electrons. The van der Waals surface area contributed by atoms with Gasteiger partial charge in [0.05, 0.1) is 12.4 Å². The van der Waals surface area contributed by atoms with Crippen molar-refractivity contribution in [2.24, 2.45) is 5.92 Å². The molecule has 2 atom stereocenters. The van der Waals surface area contributed by atoms with E-state index in [9.17, 15) is 4.39 Å². The number of likely N-dealkylation sites (tertiary alicyclic amines) is 1. The molecule has 1 N–H and O–H groups in total. The molecule has 5 nitrogen and oxygen atoms in total. The average Bonchev–Trinajstić information content (AvgIpc) is 3.30. The van der Waals surface area contributed by atoms with E-state index in [-0.39, 0.29) is 18.5 Å². The van der Waals surface area contributed by atoms with Crippen LogP contribution in [0.2, 0.25) is 0 Å². The Labute approximate surface area is 148 Å². The zero-order valence-electron chi connectivity index (χ0n) is 14.6. The van der Waals surface area contributed by atoms with Gasteiger partial charge in [-0.2, -0.15) is 5.10 Å². The molecule has 2 fully saturated rings. The predicted octanol–water partition coefficient (Wildman–Crippen LogP) is 3.43. The number of pyridine rings is 1. The zero-order valence-corrected chi connectivity index (χ0v) is 14.6. The van der Waals surface area contributed by atoms with Gasteiger partial charge in [-0.1, -0.05) is 25.3 Å². The summed E-state index contributed by atoms with van der Waals surface area (Å²) in [4.78, 5) is 11.4.